The molecule has 0 aliphatic heterocycles. The molecule has 1 unspecified atom stereocenters. The van der Waals surface area contributed by atoms with Gasteiger partial charge in [0.05, 0.1) is 21.8 Å². The van der Waals surface area contributed by atoms with Gasteiger partial charge in [0.25, 0.3) is 0 Å². The second-order valence-electron chi connectivity index (χ2n) is 11.4. The highest BCUT2D eigenvalue weighted by molar-refractivity contribution is 7.84. The highest BCUT2D eigenvalue weighted by Crippen LogP contribution is 2.37. The number of benzene rings is 4. The van der Waals surface area contributed by atoms with Gasteiger partial charge in [-0.25, -0.2) is 8.93 Å². The van der Waals surface area contributed by atoms with Crippen LogP contribution in [0.4, 0.5) is 0 Å². The number of nitrogens with one attached hydrogen (secondary N) is 1. The predicted molar refractivity (Wildman–Crippen MR) is 163 cm³/mol. The maximum Gasteiger partial charge on any atom is 0.0979 e. The normalized spacial score (nSPS) is 13.9. The molecule has 0 amide bonds. The molecule has 0 saturated carbocycles. The minimum Gasteiger partial charge on any atom is -0.242 e. The Morgan fingerprint density at radius 1 is 0.649 bits per heavy atom. The van der Waals surface area contributed by atoms with Gasteiger partial charge < -0.3 is 0 Å². The molecule has 0 aliphatic rings. The summed E-state index contributed by atoms with van der Waals surface area (Å²) >= 11 is 0. The van der Waals surface area contributed by atoms with Gasteiger partial charge in [0.15, 0.2) is 0 Å². The van der Waals surface area contributed by atoms with Crippen molar-refractivity contribution in [3.05, 3.63) is 126 Å². The van der Waals surface area contributed by atoms with Gasteiger partial charge in [0, 0.05) is 0 Å². The zero-order valence-electron chi connectivity index (χ0n) is 22.7. The molecule has 2 atom stereocenters. The largest absolute Gasteiger partial charge is 0.242 e. The van der Waals surface area contributed by atoms with Crippen LogP contribution in [0.2, 0.25) is 0 Å². The standard InChI is InChI=1S/C33H38NOPS/c1-32(2,3)26-23-21-25(22-24-26)31(34-37(35)33(4,5)6)29-19-13-14-20-30(29)36(27-15-9-7-10-16-27)28-17-11-8-12-18-28/h7-24,31,34H,1-6H3/t31-,37?/m1/s1. The van der Waals surface area contributed by atoms with Crippen LogP contribution in [0.3, 0.4) is 0 Å². The van der Waals surface area contributed by atoms with Crippen LogP contribution >= 0.6 is 7.92 Å². The van der Waals surface area contributed by atoms with Crippen LogP contribution in [-0.2, 0) is 16.4 Å². The molecule has 0 radical (unpaired) electrons. The van der Waals surface area contributed by atoms with E-state index in [0.29, 0.717) is 0 Å². The van der Waals surface area contributed by atoms with Crippen molar-refractivity contribution in [3.8, 4) is 0 Å². The maximum absolute atomic E-state index is 13.5. The van der Waals surface area contributed by atoms with E-state index < -0.39 is 18.9 Å². The lowest BCUT2D eigenvalue weighted by molar-refractivity contribution is 0.589. The third kappa shape index (κ3) is 6.65. The van der Waals surface area contributed by atoms with Crippen molar-refractivity contribution in [1.29, 1.82) is 0 Å². The number of hydrogen-bond donors (Lipinski definition) is 1. The quantitative estimate of drug-likeness (QED) is 0.261. The van der Waals surface area contributed by atoms with Crippen molar-refractivity contribution in [2.24, 2.45) is 0 Å². The first kappa shape index (κ1) is 27.5. The van der Waals surface area contributed by atoms with E-state index in [4.69, 9.17) is 0 Å². The Labute approximate surface area is 226 Å². The Kier molecular flexibility index (Phi) is 8.49. The third-order valence-corrected chi connectivity index (χ3v) is 10.5. The molecule has 0 aliphatic carbocycles. The second-order valence-corrected chi connectivity index (χ2v) is 15.6. The van der Waals surface area contributed by atoms with Crippen LogP contribution in [-0.4, -0.2) is 8.96 Å². The van der Waals surface area contributed by atoms with E-state index in [1.165, 1.54) is 27.0 Å². The van der Waals surface area contributed by atoms with Gasteiger partial charge in [-0.15, -0.1) is 0 Å². The SMILES string of the molecule is CC(C)(C)c1ccc([C@@H](NS(=O)C(C)(C)C)c2ccccc2P(c2ccccc2)c2ccccc2)cc1. The predicted octanol–water partition coefficient (Wildman–Crippen LogP) is 6.88. The third-order valence-electron chi connectivity index (χ3n) is 6.41. The summed E-state index contributed by atoms with van der Waals surface area (Å²) in [5.41, 5.74) is 3.65. The molecule has 4 heteroatoms. The minimum absolute atomic E-state index is 0.0720. The van der Waals surface area contributed by atoms with Crippen LogP contribution < -0.4 is 20.6 Å². The summed E-state index contributed by atoms with van der Waals surface area (Å²) in [6.07, 6.45) is 0. The molecule has 4 aromatic rings. The second kappa shape index (κ2) is 11.4. The highest BCUT2D eigenvalue weighted by atomic mass is 32.2. The van der Waals surface area contributed by atoms with Gasteiger partial charge in [0.1, 0.15) is 0 Å². The van der Waals surface area contributed by atoms with Crippen molar-refractivity contribution < 1.29 is 4.21 Å². The van der Waals surface area contributed by atoms with Gasteiger partial charge >= 0.3 is 0 Å². The van der Waals surface area contributed by atoms with Gasteiger partial charge in [-0.2, -0.15) is 0 Å². The molecule has 37 heavy (non-hydrogen) atoms. The summed E-state index contributed by atoms with van der Waals surface area (Å²) in [4.78, 5) is 0. The molecule has 0 saturated heterocycles. The summed E-state index contributed by atoms with van der Waals surface area (Å²) < 4.78 is 16.6. The van der Waals surface area contributed by atoms with E-state index >= 15 is 0 Å². The van der Waals surface area contributed by atoms with E-state index in [0.717, 1.165) is 5.56 Å². The summed E-state index contributed by atoms with van der Waals surface area (Å²) in [5, 5.41) is 3.88. The molecule has 0 spiro atoms. The topological polar surface area (TPSA) is 29.1 Å². The van der Waals surface area contributed by atoms with E-state index in [9.17, 15) is 4.21 Å². The van der Waals surface area contributed by atoms with Crippen molar-refractivity contribution in [2.45, 2.75) is 57.7 Å². The van der Waals surface area contributed by atoms with Crippen LogP contribution in [0.1, 0.15) is 64.3 Å². The summed E-state index contributed by atoms with van der Waals surface area (Å²) in [6, 6.07) is 38.8. The van der Waals surface area contributed by atoms with Gasteiger partial charge in [-0.05, 0) is 66.7 Å². The molecule has 0 fully saturated rings. The summed E-state index contributed by atoms with van der Waals surface area (Å²) in [7, 11) is -2.05. The van der Waals surface area contributed by atoms with Crippen LogP contribution in [0.5, 0.6) is 0 Å². The van der Waals surface area contributed by atoms with Crippen molar-refractivity contribution in [2.75, 3.05) is 0 Å². The molecule has 0 bridgehead atoms. The molecule has 2 nitrogen and oxygen atoms in total. The molecule has 4 rings (SSSR count). The molecule has 0 aromatic heterocycles. The zero-order chi connectivity index (χ0) is 26.6. The fraction of sp³-hybridized carbons (Fsp3) is 0.273. The van der Waals surface area contributed by atoms with Crippen molar-refractivity contribution >= 4 is 34.8 Å². The van der Waals surface area contributed by atoms with Crippen LogP contribution in [0.25, 0.3) is 0 Å². The maximum atomic E-state index is 13.5. The first-order chi connectivity index (χ1) is 17.6. The van der Waals surface area contributed by atoms with Gasteiger partial charge in [-0.3, -0.25) is 0 Å². The smallest absolute Gasteiger partial charge is 0.0979 e. The minimum atomic E-state index is -1.24. The van der Waals surface area contributed by atoms with Gasteiger partial charge in [0.2, 0.25) is 0 Å². The first-order valence-electron chi connectivity index (χ1n) is 12.8. The van der Waals surface area contributed by atoms with Gasteiger partial charge in [-0.1, -0.05) is 130 Å². The Balaban J connectivity index is 1.89. The molecule has 1 N–H and O–H groups in total. The molecule has 0 heterocycles. The molecular weight excluding hydrogens is 489 g/mol. The summed E-state index contributed by atoms with van der Waals surface area (Å²) in [5.74, 6) is 0. The van der Waals surface area contributed by atoms with E-state index in [-0.39, 0.29) is 16.2 Å². The Hall–Kier alpha value is -2.58. The number of rotatable bonds is 7. The Morgan fingerprint density at radius 3 is 1.62 bits per heavy atom. The molecule has 192 valence electrons. The Morgan fingerprint density at radius 2 is 1.14 bits per heavy atom. The average Bonchev–Trinajstić information content (AvgIpc) is 2.88. The van der Waals surface area contributed by atoms with E-state index in [1.807, 2.05) is 20.8 Å². The van der Waals surface area contributed by atoms with Crippen LogP contribution in [0.15, 0.2) is 109 Å². The van der Waals surface area contributed by atoms with E-state index in [1.54, 1.807) is 0 Å². The monoisotopic (exact) mass is 527 g/mol. The average molecular weight is 528 g/mol. The lowest BCUT2D eigenvalue weighted by atomic mass is 9.86. The van der Waals surface area contributed by atoms with Crippen molar-refractivity contribution in [3.63, 3.8) is 0 Å². The van der Waals surface area contributed by atoms with E-state index in [2.05, 4.69) is 135 Å². The number of hydrogen-bond acceptors (Lipinski definition) is 1. The molecule has 4 aromatic carbocycles. The Bertz CT molecular complexity index is 1280. The van der Waals surface area contributed by atoms with Crippen LogP contribution in [0, 0.1) is 0 Å². The highest BCUT2D eigenvalue weighted by Gasteiger charge is 2.29. The fourth-order valence-electron chi connectivity index (χ4n) is 4.29. The lowest BCUT2D eigenvalue weighted by Gasteiger charge is -2.29. The lowest BCUT2D eigenvalue weighted by Crippen LogP contribution is -2.38. The zero-order valence-corrected chi connectivity index (χ0v) is 24.4. The fourth-order valence-corrected chi connectivity index (χ4v) is 7.61. The van der Waals surface area contributed by atoms with Crippen molar-refractivity contribution in [1.82, 2.24) is 4.72 Å². The molecular formula is C33H38NOPS. The first-order valence-corrected chi connectivity index (χ1v) is 15.3. The summed E-state index contributed by atoms with van der Waals surface area (Å²) in [6.45, 7) is 12.7.